The lowest BCUT2D eigenvalue weighted by molar-refractivity contribution is -0.218. The van der Waals surface area contributed by atoms with E-state index in [0.29, 0.717) is 5.92 Å². The van der Waals surface area contributed by atoms with Crippen LogP contribution in [0, 0.1) is 50.7 Å². The first-order valence-corrected chi connectivity index (χ1v) is 16.9. The molecule has 0 amide bonds. The van der Waals surface area contributed by atoms with Gasteiger partial charge >= 0.3 is 5.97 Å². The highest BCUT2D eigenvalue weighted by molar-refractivity contribution is 5.76. The number of carbonyl (C=O) groups excluding carboxylic acids is 1. The van der Waals surface area contributed by atoms with E-state index in [-0.39, 0.29) is 63.0 Å². The molecular formula is C35H59NO6. The number of fused-ring (bicyclic) bond motifs is 2. The van der Waals surface area contributed by atoms with Crippen LogP contribution in [0.4, 0.5) is 0 Å². The maximum atomic E-state index is 12.9. The minimum absolute atomic E-state index is 0.0129. The summed E-state index contributed by atoms with van der Waals surface area (Å²) in [7, 11) is 0. The third-order valence-corrected chi connectivity index (χ3v) is 15.0. The average molecular weight is 590 g/mol. The molecule has 6 fully saturated rings. The summed E-state index contributed by atoms with van der Waals surface area (Å²) >= 11 is 0. The third kappa shape index (κ3) is 3.85. The Hall–Kier alpha value is -0.730. The average Bonchev–Trinajstić information content (AvgIpc) is 3.22. The van der Waals surface area contributed by atoms with Crippen molar-refractivity contribution in [2.45, 2.75) is 162 Å². The fraction of sp³-hybridized carbons (Fsp3) is 0.971. The van der Waals surface area contributed by atoms with E-state index in [9.17, 15) is 20.1 Å². The van der Waals surface area contributed by atoms with Crippen LogP contribution in [0.1, 0.15) is 120 Å². The standard InChI is InChI=1S/C35H59NO6/c1-19(2)25(36)28(39)41-23-11-13-35-18-34(35)15-14-31(7)27(33(9)12-10-24(42-33)30(5,6)40)21(38)17-32(31,8)22(34)16-20(37)26(35)29(23,3)4/h19-27,37-38,40H,10-18,36H2,1-9H3/t20-,21-,22?,23-,24-,25-,26-,27-,31+,32-,33+,34-,35+/m0/s1. The minimum atomic E-state index is -0.912. The van der Waals surface area contributed by atoms with Gasteiger partial charge < -0.3 is 30.5 Å². The number of carbonyl (C=O) groups is 1. The van der Waals surface area contributed by atoms with Gasteiger partial charge in [0.1, 0.15) is 12.1 Å². The Labute approximate surface area is 253 Å². The van der Waals surface area contributed by atoms with Crippen molar-refractivity contribution in [1.29, 1.82) is 0 Å². The highest BCUT2D eigenvalue weighted by Gasteiger charge is 2.85. The van der Waals surface area contributed by atoms with Gasteiger partial charge in [0.05, 0.1) is 29.5 Å². The highest BCUT2D eigenvalue weighted by atomic mass is 16.5. The molecule has 0 aromatic carbocycles. The van der Waals surface area contributed by atoms with E-state index in [1.807, 2.05) is 27.7 Å². The molecule has 5 N–H and O–H groups in total. The zero-order valence-electron chi connectivity index (χ0n) is 27.7. The summed E-state index contributed by atoms with van der Waals surface area (Å²) in [5.74, 6) is 0.0783. The first-order chi connectivity index (χ1) is 19.2. The molecular weight excluding hydrogens is 530 g/mol. The minimum Gasteiger partial charge on any atom is -0.461 e. The molecule has 0 bridgehead atoms. The number of hydrogen-bond acceptors (Lipinski definition) is 7. The van der Waals surface area contributed by atoms with E-state index in [4.69, 9.17) is 15.2 Å². The van der Waals surface area contributed by atoms with E-state index in [1.165, 1.54) is 0 Å². The van der Waals surface area contributed by atoms with Gasteiger partial charge in [0.2, 0.25) is 0 Å². The molecule has 1 aliphatic heterocycles. The van der Waals surface area contributed by atoms with E-state index in [0.717, 1.165) is 57.8 Å². The van der Waals surface area contributed by atoms with Crippen molar-refractivity contribution >= 4 is 5.97 Å². The SMILES string of the molecule is CC(C)[C@H](N)C(=O)O[C@H]1CC[C@]23C[C@]24CC[C@]2(C)[C@@H]([C@@]5(C)CC[C@@H](C(C)(C)O)O5)[C@@H](O)C[C@@]2(C)C4C[C@H](O)[C@H]3C1(C)C. The summed E-state index contributed by atoms with van der Waals surface area (Å²) in [4.78, 5) is 12.9. The van der Waals surface area contributed by atoms with Crippen molar-refractivity contribution in [2.24, 2.45) is 56.5 Å². The summed E-state index contributed by atoms with van der Waals surface area (Å²) in [6.07, 6.45) is 6.74. The van der Waals surface area contributed by atoms with Crippen LogP contribution >= 0.6 is 0 Å². The Balaban J connectivity index is 1.29. The number of aliphatic hydroxyl groups is 3. The number of nitrogens with two attached hydrogens (primary N) is 1. The van der Waals surface area contributed by atoms with Crippen molar-refractivity contribution in [3.63, 3.8) is 0 Å². The molecule has 2 spiro atoms. The van der Waals surface area contributed by atoms with Crippen molar-refractivity contribution in [3.8, 4) is 0 Å². The lowest BCUT2D eigenvalue weighted by atomic mass is 9.41. The molecule has 6 aliphatic rings. The molecule has 5 aliphatic carbocycles. The first-order valence-electron chi connectivity index (χ1n) is 16.9. The van der Waals surface area contributed by atoms with Crippen LogP contribution < -0.4 is 5.73 Å². The lowest BCUT2D eigenvalue weighted by Crippen LogP contribution is -2.62. The second kappa shape index (κ2) is 9.18. The largest absolute Gasteiger partial charge is 0.461 e. The van der Waals surface area contributed by atoms with Crippen molar-refractivity contribution in [1.82, 2.24) is 0 Å². The molecule has 0 aromatic rings. The van der Waals surface area contributed by atoms with Crippen LogP contribution in [0.5, 0.6) is 0 Å². The monoisotopic (exact) mass is 589 g/mol. The summed E-state index contributed by atoms with van der Waals surface area (Å²) in [6, 6.07) is -0.633. The van der Waals surface area contributed by atoms with E-state index in [2.05, 4.69) is 34.6 Å². The molecule has 0 aromatic heterocycles. The summed E-state index contributed by atoms with van der Waals surface area (Å²) < 4.78 is 12.8. The second-order valence-corrected chi connectivity index (χ2v) is 18.1. The van der Waals surface area contributed by atoms with Crippen LogP contribution in [0.2, 0.25) is 0 Å². The van der Waals surface area contributed by atoms with Crippen molar-refractivity contribution in [2.75, 3.05) is 0 Å². The summed E-state index contributed by atoms with van der Waals surface area (Å²) in [5.41, 5.74) is 4.37. The molecule has 6 rings (SSSR count). The third-order valence-electron chi connectivity index (χ3n) is 15.0. The van der Waals surface area contributed by atoms with Crippen LogP contribution in [0.3, 0.4) is 0 Å². The Morgan fingerprint density at radius 2 is 1.60 bits per heavy atom. The Morgan fingerprint density at radius 1 is 0.929 bits per heavy atom. The Morgan fingerprint density at radius 3 is 2.19 bits per heavy atom. The highest BCUT2D eigenvalue weighted by Crippen LogP contribution is 2.89. The van der Waals surface area contributed by atoms with Crippen LogP contribution in [0.25, 0.3) is 0 Å². The summed E-state index contributed by atoms with van der Waals surface area (Å²) in [6.45, 7) is 18.9. The van der Waals surface area contributed by atoms with Gasteiger partial charge in [0, 0.05) is 11.3 Å². The van der Waals surface area contributed by atoms with Gasteiger partial charge in [-0.25, -0.2) is 0 Å². The molecule has 7 nitrogen and oxygen atoms in total. The Bertz CT molecular complexity index is 1120. The normalized spacial score (nSPS) is 53.5. The number of rotatable bonds is 5. The molecule has 5 saturated carbocycles. The predicted molar refractivity (Wildman–Crippen MR) is 161 cm³/mol. The van der Waals surface area contributed by atoms with Gasteiger partial charge in [-0.3, -0.25) is 4.79 Å². The van der Waals surface area contributed by atoms with E-state index >= 15 is 0 Å². The van der Waals surface area contributed by atoms with Gasteiger partial charge in [-0.2, -0.15) is 0 Å². The smallest absolute Gasteiger partial charge is 0.323 e. The fourth-order valence-corrected chi connectivity index (χ4v) is 12.8. The second-order valence-electron chi connectivity index (χ2n) is 18.1. The number of hydrogen-bond donors (Lipinski definition) is 4. The van der Waals surface area contributed by atoms with Gasteiger partial charge in [-0.05, 0) is 118 Å². The van der Waals surface area contributed by atoms with E-state index < -0.39 is 29.5 Å². The zero-order valence-corrected chi connectivity index (χ0v) is 27.7. The summed E-state index contributed by atoms with van der Waals surface area (Å²) in [5, 5.41) is 34.7. The lowest BCUT2D eigenvalue weighted by Gasteiger charge is -2.64. The molecule has 1 unspecified atom stereocenters. The van der Waals surface area contributed by atoms with Gasteiger partial charge in [0.25, 0.3) is 0 Å². The number of aliphatic hydroxyl groups excluding tert-OH is 2. The van der Waals surface area contributed by atoms with Crippen LogP contribution in [-0.4, -0.2) is 62.9 Å². The van der Waals surface area contributed by atoms with Gasteiger partial charge in [0.15, 0.2) is 0 Å². The first kappa shape index (κ1) is 31.3. The number of ether oxygens (including phenoxy) is 2. The number of esters is 1. The van der Waals surface area contributed by atoms with Gasteiger partial charge in [-0.15, -0.1) is 0 Å². The van der Waals surface area contributed by atoms with Crippen LogP contribution in [0.15, 0.2) is 0 Å². The predicted octanol–water partition coefficient (Wildman–Crippen LogP) is 4.97. The molecule has 1 saturated heterocycles. The van der Waals surface area contributed by atoms with Gasteiger partial charge in [-0.1, -0.05) is 41.5 Å². The molecule has 1 heterocycles. The Kier molecular flexibility index (Phi) is 6.83. The van der Waals surface area contributed by atoms with Crippen LogP contribution in [-0.2, 0) is 14.3 Å². The quantitative estimate of drug-likeness (QED) is 0.334. The van der Waals surface area contributed by atoms with Crippen molar-refractivity contribution < 1.29 is 29.6 Å². The van der Waals surface area contributed by atoms with E-state index in [1.54, 1.807) is 0 Å². The fourth-order valence-electron chi connectivity index (χ4n) is 12.8. The molecule has 7 heteroatoms. The zero-order chi connectivity index (χ0) is 31.1. The maximum absolute atomic E-state index is 12.9. The topological polar surface area (TPSA) is 122 Å². The molecule has 240 valence electrons. The molecule has 42 heavy (non-hydrogen) atoms. The molecule has 13 atom stereocenters. The van der Waals surface area contributed by atoms with Crippen molar-refractivity contribution in [3.05, 3.63) is 0 Å². The maximum Gasteiger partial charge on any atom is 0.323 e. The molecule has 0 radical (unpaired) electrons.